The Morgan fingerprint density at radius 2 is 2.55 bits per heavy atom. The SMILES string of the molecule is C=CCN1CCOC(CCl)C1. The first-order valence-electron chi connectivity index (χ1n) is 3.87. The summed E-state index contributed by atoms with van der Waals surface area (Å²) in [6.07, 6.45) is 2.13. The summed E-state index contributed by atoms with van der Waals surface area (Å²) in [5, 5.41) is 0. The minimum absolute atomic E-state index is 0.213. The molecule has 1 aliphatic heterocycles. The minimum Gasteiger partial charge on any atom is -0.374 e. The smallest absolute Gasteiger partial charge is 0.0837 e. The number of alkyl halides is 1. The molecule has 1 aliphatic rings. The van der Waals surface area contributed by atoms with Gasteiger partial charge in [0.1, 0.15) is 0 Å². The highest BCUT2D eigenvalue weighted by molar-refractivity contribution is 6.18. The van der Waals surface area contributed by atoms with Crippen LogP contribution in [0.25, 0.3) is 0 Å². The van der Waals surface area contributed by atoms with Gasteiger partial charge in [0.2, 0.25) is 0 Å². The summed E-state index contributed by atoms with van der Waals surface area (Å²) in [6, 6.07) is 0. The highest BCUT2D eigenvalue weighted by atomic mass is 35.5. The van der Waals surface area contributed by atoms with Crippen LogP contribution in [0.5, 0.6) is 0 Å². The lowest BCUT2D eigenvalue weighted by molar-refractivity contribution is -0.0121. The van der Waals surface area contributed by atoms with Gasteiger partial charge in [-0.2, -0.15) is 0 Å². The molecule has 1 saturated heterocycles. The molecule has 0 spiro atoms. The predicted octanol–water partition coefficient (Wildman–Crippen LogP) is 1.11. The Hall–Kier alpha value is -0.0500. The molecule has 1 atom stereocenters. The summed E-state index contributed by atoms with van der Waals surface area (Å²) in [5.74, 6) is 0.591. The topological polar surface area (TPSA) is 12.5 Å². The molecule has 0 aromatic heterocycles. The number of nitrogens with zero attached hydrogens (tertiary/aromatic N) is 1. The first kappa shape index (κ1) is 9.04. The Bertz CT molecular complexity index is 129. The molecular weight excluding hydrogens is 162 g/mol. The Morgan fingerprint density at radius 3 is 3.18 bits per heavy atom. The van der Waals surface area contributed by atoms with Gasteiger partial charge in [-0.05, 0) is 0 Å². The van der Waals surface area contributed by atoms with E-state index in [2.05, 4.69) is 11.5 Å². The fraction of sp³-hybridized carbons (Fsp3) is 0.750. The van der Waals surface area contributed by atoms with E-state index in [0.717, 1.165) is 26.2 Å². The molecule has 3 heteroatoms. The maximum atomic E-state index is 5.67. The van der Waals surface area contributed by atoms with Crippen molar-refractivity contribution >= 4 is 11.6 Å². The van der Waals surface area contributed by atoms with Crippen LogP contribution in [0.4, 0.5) is 0 Å². The van der Waals surface area contributed by atoms with E-state index in [0.29, 0.717) is 5.88 Å². The second-order valence-corrected chi connectivity index (χ2v) is 3.00. The lowest BCUT2D eigenvalue weighted by Gasteiger charge is -2.30. The first-order chi connectivity index (χ1) is 5.36. The third kappa shape index (κ3) is 2.81. The van der Waals surface area contributed by atoms with Gasteiger partial charge in [0, 0.05) is 25.5 Å². The summed E-state index contributed by atoms with van der Waals surface area (Å²) in [6.45, 7) is 7.37. The van der Waals surface area contributed by atoms with Crippen LogP contribution in [0.15, 0.2) is 12.7 Å². The van der Waals surface area contributed by atoms with Gasteiger partial charge < -0.3 is 4.74 Å². The lowest BCUT2D eigenvalue weighted by Crippen LogP contribution is -2.43. The van der Waals surface area contributed by atoms with Gasteiger partial charge in [0.05, 0.1) is 12.7 Å². The molecule has 0 saturated carbocycles. The molecule has 0 aliphatic carbocycles. The Morgan fingerprint density at radius 1 is 1.73 bits per heavy atom. The summed E-state index contributed by atoms with van der Waals surface area (Å²) in [4.78, 5) is 2.30. The fourth-order valence-electron chi connectivity index (χ4n) is 1.22. The number of hydrogen-bond donors (Lipinski definition) is 0. The van der Waals surface area contributed by atoms with Crippen molar-refractivity contribution in [3.8, 4) is 0 Å². The van der Waals surface area contributed by atoms with Gasteiger partial charge >= 0.3 is 0 Å². The maximum Gasteiger partial charge on any atom is 0.0837 e. The molecule has 64 valence electrons. The van der Waals surface area contributed by atoms with Crippen LogP contribution in [-0.4, -0.2) is 43.1 Å². The van der Waals surface area contributed by atoms with Crippen LogP contribution in [0.3, 0.4) is 0 Å². The molecule has 1 heterocycles. The van der Waals surface area contributed by atoms with Gasteiger partial charge in [-0.15, -0.1) is 18.2 Å². The van der Waals surface area contributed by atoms with Gasteiger partial charge in [-0.25, -0.2) is 0 Å². The molecule has 1 fully saturated rings. The van der Waals surface area contributed by atoms with Gasteiger partial charge in [0.25, 0.3) is 0 Å². The standard InChI is InChI=1S/C8H14ClNO/c1-2-3-10-4-5-11-8(6-9)7-10/h2,8H,1,3-7H2. The van der Waals surface area contributed by atoms with E-state index >= 15 is 0 Å². The maximum absolute atomic E-state index is 5.67. The van der Waals surface area contributed by atoms with Crippen LogP contribution < -0.4 is 0 Å². The summed E-state index contributed by atoms with van der Waals surface area (Å²) in [7, 11) is 0. The quantitative estimate of drug-likeness (QED) is 0.471. The third-order valence-electron chi connectivity index (χ3n) is 1.78. The van der Waals surface area contributed by atoms with E-state index in [4.69, 9.17) is 16.3 Å². The summed E-state index contributed by atoms with van der Waals surface area (Å²) >= 11 is 5.67. The van der Waals surface area contributed by atoms with Gasteiger partial charge in [-0.1, -0.05) is 6.08 Å². The van der Waals surface area contributed by atoms with Crippen molar-refractivity contribution in [3.63, 3.8) is 0 Å². The number of hydrogen-bond acceptors (Lipinski definition) is 2. The molecule has 0 amide bonds. The lowest BCUT2D eigenvalue weighted by atomic mass is 10.3. The third-order valence-corrected chi connectivity index (χ3v) is 2.13. The van der Waals surface area contributed by atoms with Crippen molar-refractivity contribution in [2.45, 2.75) is 6.10 Å². The van der Waals surface area contributed by atoms with Gasteiger partial charge in [0.15, 0.2) is 0 Å². The first-order valence-corrected chi connectivity index (χ1v) is 4.41. The highest BCUT2D eigenvalue weighted by Gasteiger charge is 2.17. The Labute approximate surface area is 72.8 Å². The summed E-state index contributed by atoms with van der Waals surface area (Å²) < 4.78 is 5.40. The molecule has 2 nitrogen and oxygen atoms in total. The molecular formula is C8H14ClNO. The van der Waals surface area contributed by atoms with Crippen molar-refractivity contribution < 1.29 is 4.74 Å². The van der Waals surface area contributed by atoms with Crippen molar-refractivity contribution in [2.75, 3.05) is 32.1 Å². The average Bonchev–Trinajstić information content (AvgIpc) is 2.06. The second-order valence-electron chi connectivity index (χ2n) is 2.70. The molecule has 0 aromatic rings. The van der Waals surface area contributed by atoms with Crippen molar-refractivity contribution in [2.24, 2.45) is 0 Å². The Kier molecular flexibility index (Phi) is 3.91. The minimum atomic E-state index is 0.213. The second kappa shape index (κ2) is 4.75. The van der Waals surface area contributed by atoms with Crippen LogP contribution in [0.1, 0.15) is 0 Å². The van der Waals surface area contributed by atoms with E-state index in [-0.39, 0.29) is 6.10 Å². The molecule has 0 N–H and O–H groups in total. The van der Waals surface area contributed by atoms with E-state index in [1.807, 2.05) is 6.08 Å². The average molecular weight is 176 g/mol. The monoisotopic (exact) mass is 175 g/mol. The number of ether oxygens (including phenoxy) is 1. The van der Waals surface area contributed by atoms with E-state index in [9.17, 15) is 0 Å². The van der Waals surface area contributed by atoms with E-state index in [1.54, 1.807) is 0 Å². The molecule has 11 heavy (non-hydrogen) atoms. The van der Waals surface area contributed by atoms with Crippen molar-refractivity contribution in [1.29, 1.82) is 0 Å². The molecule has 1 unspecified atom stereocenters. The largest absolute Gasteiger partial charge is 0.374 e. The number of halogens is 1. The molecule has 0 bridgehead atoms. The van der Waals surface area contributed by atoms with E-state index < -0.39 is 0 Å². The number of rotatable bonds is 3. The van der Waals surface area contributed by atoms with E-state index in [1.165, 1.54) is 0 Å². The van der Waals surface area contributed by atoms with Crippen molar-refractivity contribution in [3.05, 3.63) is 12.7 Å². The molecule has 0 radical (unpaired) electrons. The predicted molar refractivity (Wildman–Crippen MR) is 47.1 cm³/mol. The summed E-state index contributed by atoms with van der Waals surface area (Å²) in [5.41, 5.74) is 0. The zero-order chi connectivity index (χ0) is 8.10. The Balaban J connectivity index is 2.27. The van der Waals surface area contributed by atoms with Crippen LogP contribution >= 0.6 is 11.6 Å². The van der Waals surface area contributed by atoms with Gasteiger partial charge in [-0.3, -0.25) is 4.90 Å². The zero-order valence-electron chi connectivity index (χ0n) is 6.63. The molecule has 0 aromatic carbocycles. The van der Waals surface area contributed by atoms with Crippen LogP contribution in [0, 0.1) is 0 Å². The number of morpholine rings is 1. The molecule has 1 rings (SSSR count). The highest BCUT2D eigenvalue weighted by Crippen LogP contribution is 2.05. The van der Waals surface area contributed by atoms with Crippen molar-refractivity contribution in [1.82, 2.24) is 4.90 Å². The van der Waals surface area contributed by atoms with Crippen LogP contribution in [0.2, 0.25) is 0 Å². The normalized spacial score (nSPS) is 26.8. The zero-order valence-corrected chi connectivity index (χ0v) is 7.39. The fourth-order valence-corrected chi connectivity index (χ4v) is 1.41. The van der Waals surface area contributed by atoms with Crippen LogP contribution in [-0.2, 0) is 4.74 Å².